The van der Waals surface area contributed by atoms with Crippen LogP contribution in [0.2, 0.25) is 0 Å². The highest BCUT2D eigenvalue weighted by atomic mass is 32.2. The molecule has 0 saturated heterocycles. The van der Waals surface area contributed by atoms with Crippen LogP contribution in [0.1, 0.15) is 58.2 Å². The van der Waals surface area contributed by atoms with Gasteiger partial charge in [-0.05, 0) is 31.3 Å². The maximum absolute atomic E-state index is 5.52. The van der Waals surface area contributed by atoms with Gasteiger partial charge in [0.25, 0.3) is 0 Å². The highest BCUT2D eigenvalue weighted by molar-refractivity contribution is 7.99. The molecule has 2 atom stereocenters. The summed E-state index contributed by atoms with van der Waals surface area (Å²) in [6, 6.07) is 0.571. The molecular weight excluding hydrogens is 260 g/mol. The summed E-state index contributed by atoms with van der Waals surface area (Å²) in [5, 5.41) is 0.711. The Hall–Kier alpha value is -0.220. The van der Waals surface area contributed by atoms with E-state index in [-0.39, 0.29) is 5.41 Å². The molecule has 0 aliphatic heterocycles. The summed E-state index contributed by atoms with van der Waals surface area (Å²) in [5.74, 6) is 0. The van der Waals surface area contributed by atoms with Gasteiger partial charge >= 0.3 is 0 Å². The molecular formula is C14H24N2S2. The number of hydrogen-bond acceptors (Lipinski definition) is 2. The molecule has 1 N–H and O–H groups in total. The molecule has 1 aliphatic carbocycles. The van der Waals surface area contributed by atoms with Crippen LogP contribution in [0, 0.1) is 4.77 Å². The topological polar surface area (TPSA) is 20.7 Å². The van der Waals surface area contributed by atoms with Crippen molar-refractivity contribution in [2.75, 3.05) is 6.26 Å². The van der Waals surface area contributed by atoms with Crippen molar-refractivity contribution in [3.8, 4) is 0 Å². The Morgan fingerprint density at radius 2 is 2.00 bits per heavy atom. The van der Waals surface area contributed by atoms with Crippen LogP contribution in [0.25, 0.3) is 0 Å². The van der Waals surface area contributed by atoms with E-state index in [1.807, 2.05) is 11.8 Å². The van der Waals surface area contributed by atoms with Crippen molar-refractivity contribution in [1.82, 2.24) is 9.55 Å². The lowest BCUT2D eigenvalue weighted by Gasteiger charge is -2.34. The van der Waals surface area contributed by atoms with Crippen molar-refractivity contribution in [3.05, 3.63) is 16.7 Å². The predicted octanol–water partition coefficient (Wildman–Crippen LogP) is 4.69. The van der Waals surface area contributed by atoms with Crippen LogP contribution < -0.4 is 0 Å². The van der Waals surface area contributed by atoms with E-state index in [9.17, 15) is 0 Å². The Morgan fingerprint density at radius 1 is 1.33 bits per heavy atom. The standard InChI is InChI=1S/C14H24N2S2/c1-14(2,3)12-9-15-13(17)16(12)10-7-5-6-8-11(10)18-4/h9-11H,5-8H2,1-4H3,(H,15,17). The van der Waals surface area contributed by atoms with Crippen molar-refractivity contribution in [2.45, 2.75) is 63.2 Å². The lowest BCUT2D eigenvalue weighted by atomic mass is 9.89. The van der Waals surface area contributed by atoms with Crippen molar-refractivity contribution in [3.63, 3.8) is 0 Å². The second-order valence-corrected chi connectivity index (χ2v) is 7.69. The van der Waals surface area contributed by atoms with Crippen LogP contribution in [0.3, 0.4) is 0 Å². The molecule has 18 heavy (non-hydrogen) atoms. The zero-order valence-corrected chi connectivity index (χ0v) is 13.5. The van der Waals surface area contributed by atoms with E-state index in [4.69, 9.17) is 12.2 Å². The van der Waals surface area contributed by atoms with Crippen LogP contribution in [-0.2, 0) is 5.41 Å². The summed E-state index contributed by atoms with van der Waals surface area (Å²) in [5.41, 5.74) is 1.49. The van der Waals surface area contributed by atoms with Gasteiger partial charge < -0.3 is 9.55 Å². The van der Waals surface area contributed by atoms with E-state index in [1.165, 1.54) is 31.4 Å². The third kappa shape index (κ3) is 2.69. The fourth-order valence-electron chi connectivity index (χ4n) is 2.93. The quantitative estimate of drug-likeness (QED) is 0.795. The molecule has 1 aromatic heterocycles. The molecule has 2 rings (SSSR count). The highest BCUT2D eigenvalue weighted by Gasteiger charge is 2.30. The number of aromatic nitrogens is 2. The number of nitrogens with zero attached hydrogens (tertiary/aromatic N) is 1. The summed E-state index contributed by atoms with van der Waals surface area (Å²) >= 11 is 7.52. The first-order chi connectivity index (χ1) is 8.45. The van der Waals surface area contributed by atoms with Gasteiger partial charge in [-0.25, -0.2) is 0 Å². The second-order valence-electron chi connectivity index (χ2n) is 6.23. The van der Waals surface area contributed by atoms with Crippen molar-refractivity contribution >= 4 is 24.0 Å². The van der Waals surface area contributed by atoms with E-state index in [1.54, 1.807) is 0 Å². The van der Waals surface area contributed by atoms with E-state index < -0.39 is 0 Å². The van der Waals surface area contributed by atoms with Gasteiger partial charge in [0.05, 0.1) is 0 Å². The monoisotopic (exact) mass is 284 g/mol. The molecule has 0 aromatic carbocycles. The zero-order valence-electron chi connectivity index (χ0n) is 11.8. The molecule has 1 fully saturated rings. The minimum atomic E-state index is 0.147. The van der Waals surface area contributed by atoms with Gasteiger partial charge in [-0.15, -0.1) is 0 Å². The average Bonchev–Trinajstić information content (AvgIpc) is 2.70. The van der Waals surface area contributed by atoms with Gasteiger partial charge in [0.1, 0.15) is 0 Å². The van der Waals surface area contributed by atoms with Gasteiger partial charge in [0.2, 0.25) is 0 Å². The zero-order chi connectivity index (χ0) is 13.3. The Balaban J connectivity index is 2.43. The van der Waals surface area contributed by atoms with Gasteiger partial charge in [-0.2, -0.15) is 11.8 Å². The summed E-state index contributed by atoms with van der Waals surface area (Å²) in [6.45, 7) is 6.79. The molecule has 4 heteroatoms. The average molecular weight is 284 g/mol. The first-order valence-electron chi connectivity index (χ1n) is 6.78. The fraction of sp³-hybridized carbons (Fsp3) is 0.786. The third-order valence-electron chi connectivity index (χ3n) is 3.88. The molecule has 1 heterocycles. The van der Waals surface area contributed by atoms with Gasteiger partial charge in [0, 0.05) is 28.6 Å². The molecule has 0 amide bonds. The van der Waals surface area contributed by atoms with Gasteiger partial charge in [0.15, 0.2) is 4.77 Å². The normalized spacial score (nSPS) is 25.3. The van der Waals surface area contributed by atoms with E-state index in [0.717, 1.165) is 4.77 Å². The van der Waals surface area contributed by atoms with Gasteiger partial charge in [-0.1, -0.05) is 33.6 Å². The summed E-state index contributed by atoms with van der Waals surface area (Å²) in [4.78, 5) is 3.25. The first-order valence-corrected chi connectivity index (χ1v) is 8.48. The maximum atomic E-state index is 5.52. The van der Waals surface area contributed by atoms with Crippen LogP contribution in [0.5, 0.6) is 0 Å². The number of thioether (sulfide) groups is 1. The summed E-state index contributed by atoms with van der Waals surface area (Å²) in [7, 11) is 0. The number of aromatic amines is 1. The third-order valence-corrected chi connectivity index (χ3v) is 5.35. The highest BCUT2D eigenvalue weighted by Crippen LogP contribution is 2.38. The van der Waals surface area contributed by atoms with Crippen LogP contribution >= 0.6 is 24.0 Å². The van der Waals surface area contributed by atoms with Crippen molar-refractivity contribution in [1.29, 1.82) is 0 Å². The molecule has 1 aliphatic rings. The Bertz CT molecular complexity index is 453. The lowest BCUT2D eigenvalue weighted by molar-refractivity contribution is 0.341. The summed E-state index contributed by atoms with van der Waals surface area (Å²) in [6.07, 6.45) is 9.62. The molecule has 1 aromatic rings. The number of imidazole rings is 1. The SMILES string of the molecule is CSC1CCCCC1n1c(C(C)(C)C)c[nH]c1=S. The molecule has 102 valence electrons. The fourth-order valence-corrected chi connectivity index (χ4v) is 4.20. The molecule has 0 radical (unpaired) electrons. The van der Waals surface area contributed by atoms with Crippen LogP contribution in [0.15, 0.2) is 6.20 Å². The van der Waals surface area contributed by atoms with Crippen LogP contribution in [-0.4, -0.2) is 21.1 Å². The minimum absolute atomic E-state index is 0.147. The van der Waals surface area contributed by atoms with Crippen molar-refractivity contribution < 1.29 is 0 Å². The molecule has 2 unspecified atom stereocenters. The first kappa shape index (κ1) is 14.2. The molecule has 0 spiro atoms. The van der Waals surface area contributed by atoms with E-state index >= 15 is 0 Å². The summed E-state index contributed by atoms with van der Waals surface area (Å²) < 4.78 is 3.29. The Morgan fingerprint density at radius 3 is 2.61 bits per heavy atom. The lowest BCUT2D eigenvalue weighted by Crippen LogP contribution is -2.29. The van der Waals surface area contributed by atoms with Crippen LogP contribution in [0.4, 0.5) is 0 Å². The number of nitrogens with one attached hydrogen (secondary N) is 1. The molecule has 1 saturated carbocycles. The van der Waals surface area contributed by atoms with Crippen molar-refractivity contribution in [2.24, 2.45) is 0 Å². The molecule has 2 nitrogen and oxygen atoms in total. The van der Waals surface area contributed by atoms with E-state index in [2.05, 4.69) is 42.8 Å². The molecule has 0 bridgehead atoms. The number of hydrogen-bond donors (Lipinski definition) is 1. The largest absolute Gasteiger partial charge is 0.337 e. The Kier molecular flexibility index (Phi) is 4.27. The predicted molar refractivity (Wildman–Crippen MR) is 83.1 cm³/mol. The van der Waals surface area contributed by atoms with Gasteiger partial charge in [-0.3, -0.25) is 0 Å². The van der Waals surface area contributed by atoms with E-state index in [0.29, 0.717) is 11.3 Å². The number of H-pyrrole nitrogens is 1. The smallest absolute Gasteiger partial charge is 0.177 e. The second kappa shape index (κ2) is 5.41. The number of rotatable bonds is 2. The Labute approximate surface area is 120 Å². The maximum Gasteiger partial charge on any atom is 0.177 e. The minimum Gasteiger partial charge on any atom is -0.337 e.